The molecule has 0 N–H and O–H groups in total. The first kappa shape index (κ1) is 16.7. The molecule has 0 spiro atoms. The zero-order chi connectivity index (χ0) is 16.4. The molecule has 0 amide bonds. The monoisotopic (exact) mass is 347 g/mol. The van der Waals surface area contributed by atoms with Crippen molar-refractivity contribution in [3.8, 4) is 11.8 Å². The van der Waals surface area contributed by atoms with Crippen LogP contribution in [0.1, 0.15) is 12.0 Å². The molecule has 0 saturated heterocycles. The third kappa shape index (κ3) is 3.57. The van der Waals surface area contributed by atoms with Gasteiger partial charge in [0, 0.05) is 12.3 Å². The molecule has 0 radical (unpaired) electrons. The Morgan fingerprint density at radius 1 is 1.36 bits per heavy atom. The van der Waals surface area contributed by atoms with Crippen molar-refractivity contribution in [1.82, 2.24) is 0 Å². The third-order valence-electron chi connectivity index (χ3n) is 3.06. The highest BCUT2D eigenvalue weighted by Crippen LogP contribution is 2.38. The summed E-state index contributed by atoms with van der Waals surface area (Å²) >= 11 is 11.3. The summed E-state index contributed by atoms with van der Waals surface area (Å²) in [6, 6.07) is 5.15. The molecule has 1 atom stereocenters. The Morgan fingerprint density at radius 3 is 2.68 bits per heavy atom. The van der Waals surface area contributed by atoms with E-state index in [1.54, 1.807) is 12.2 Å². The van der Waals surface area contributed by atoms with E-state index in [2.05, 4.69) is 0 Å². The van der Waals surface area contributed by atoms with Crippen molar-refractivity contribution in [3.63, 3.8) is 0 Å². The topological polar surface area (TPSA) is 33.0 Å². The molecule has 1 aliphatic rings. The Morgan fingerprint density at radius 2 is 2.09 bits per heavy atom. The first-order chi connectivity index (χ1) is 10.3. The van der Waals surface area contributed by atoms with Gasteiger partial charge in [-0.05, 0) is 29.8 Å². The van der Waals surface area contributed by atoms with Crippen LogP contribution >= 0.6 is 23.2 Å². The summed E-state index contributed by atoms with van der Waals surface area (Å²) in [7, 11) is 0. The molecule has 1 unspecified atom stereocenters. The van der Waals surface area contributed by atoms with Crippen LogP contribution in [0.4, 0.5) is 13.2 Å². The molecule has 116 valence electrons. The lowest BCUT2D eigenvalue weighted by Gasteiger charge is -2.27. The van der Waals surface area contributed by atoms with Crippen molar-refractivity contribution in [2.45, 2.75) is 18.2 Å². The summed E-state index contributed by atoms with van der Waals surface area (Å²) in [5, 5.41) is 8.93. The number of hydrogen-bond donors (Lipinski definition) is 0. The molecule has 0 bridgehead atoms. The summed E-state index contributed by atoms with van der Waals surface area (Å²) in [6.07, 6.45) is 0.575. The number of alkyl halides is 4. The lowest BCUT2D eigenvalue weighted by molar-refractivity contribution is -0.137. The highest BCUT2D eigenvalue weighted by molar-refractivity contribution is 6.31. The average Bonchev–Trinajstić information content (AvgIpc) is 2.48. The summed E-state index contributed by atoms with van der Waals surface area (Å²) in [4.78, 5) is 0. The molecular formula is C15H10Cl2F3NO. The molecule has 2 rings (SSSR count). The summed E-state index contributed by atoms with van der Waals surface area (Å²) in [5.41, 5.74) is -1.72. The van der Waals surface area contributed by atoms with E-state index in [0.29, 0.717) is 5.57 Å². The molecule has 0 fully saturated rings. The lowest BCUT2D eigenvalue weighted by Crippen LogP contribution is -2.33. The second-order valence-corrected chi connectivity index (χ2v) is 5.38. The first-order valence-electron chi connectivity index (χ1n) is 6.21. The van der Waals surface area contributed by atoms with E-state index in [1.165, 1.54) is 12.1 Å². The van der Waals surface area contributed by atoms with Gasteiger partial charge in [-0.2, -0.15) is 18.4 Å². The highest BCUT2D eigenvalue weighted by atomic mass is 35.5. The zero-order valence-electron chi connectivity index (χ0n) is 11.1. The SMILES string of the molecule is N#CC1(Oc2ccc(Cl)c(C(F)(F)F)c2)C=C(CCl)C=CC1. The number of nitriles is 1. The number of benzene rings is 1. The molecule has 22 heavy (non-hydrogen) atoms. The summed E-state index contributed by atoms with van der Waals surface area (Å²) in [5.74, 6) is 0.0938. The maximum absolute atomic E-state index is 12.9. The van der Waals surface area contributed by atoms with Gasteiger partial charge in [0.1, 0.15) is 11.8 Å². The van der Waals surface area contributed by atoms with Crippen LogP contribution < -0.4 is 4.74 Å². The van der Waals surface area contributed by atoms with Crippen molar-refractivity contribution in [3.05, 3.63) is 52.6 Å². The fourth-order valence-electron chi connectivity index (χ4n) is 2.04. The third-order valence-corrected chi connectivity index (χ3v) is 3.70. The highest BCUT2D eigenvalue weighted by Gasteiger charge is 2.35. The van der Waals surface area contributed by atoms with Crippen LogP contribution in [0.3, 0.4) is 0 Å². The first-order valence-corrected chi connectivity index (χ1v) is 7.12. The fraction of sp³-hybridized carbons (Fsp3) is 0.267. The van der Waals surface area contributed by atoms with E-state index in [1.807, 2.05) is 6.07 Å². The molecule has 7 heteroatoms. The number of ether oxygens (including phenoxy) is 1. The van der Waals surface area contributed by atoms with Crippen LogP contribution in [0.15, 0.2) is 42.0 Å². The average molecular weight is 348 g/mol. The predicted octanol–water partition coefficient (Wildman–Crippen LogP) is 5.13. The van der Waals surface area contributed by atoms with E-state index < -0.39 is 22.4 Å². The van der Waals surface area contributed by atoms with Crippen molar-refractivity contribution in [1.29, 1.82) is 5.26 Å². The summed E-state index contributed by atoms with van der Waals surface area (Å²) < 4.78 is 44.1. The Kier molecular flexibility index (Phi) is 4.74. The molecule has 0 saturated carbocycles. The van der Waals surface area contributed by atoms with Gasteiger partial charge in [-0.25, -0.2) is 0 Å². The maximum Gasteiger partial charge on any atom is 0.417 e. The quantitative estimate of drug-likeness (QED) is 0.710. The van der Waals surface area contributed by atoms with E-state index >= 15 is 0 Å². The predicted molar refractivity (Wildman–Crippen MR) is 78.0 cm³/mol. The van der Waals surface area contributed by atoms with Crippen molar-refractivity contribution in [2.75, 3.05) is 5.88 Å². The molecule has 2 nitrogen and oxygen atoms in total. The smallest absolute Gasteiger partial charge is 0.417 e. The fourth-order valence-corrected chi connectivity index (χ4v) is 2.43. The maximum atomic E-state index is 12.9. The Balaban J connectivity index is 2.36. The van der Waals surface area contributed by atoms with Crippen molar-refractivity contribution >= 4 is 23.2 Å². The van der Waals surface area contributed by atoms with Gasteiger partial charge < -0.3 is 4.74 Å². The zero-order valence-corrected chi connectivity index (χ0v) is 12.6. The second-order valence-electron chi connectivity index (χ2n) is 4.70. The number of allylic oxidation sites excluding steroid dienone is 2. The van der Waals surface area contributed by atoms with Gasteiger partial charge in [0.05, 0.1) is 10.6 Å². The van der Waals surface area contributed by atoms with Crippen LogP contribution in [0.2, 0.25) is 5.02 Å². The van der Waals surface area contributed by atoms with Gasteiger partial charge in [0.15, 0.2) is 0 Å². The number of nitrogens with zero attached hydrogens (tertiary/aromatic N) is 1. The molecule has 1 aromatic rings. The Hall–Kier alpha value is -1.64. The molecule has 0 aromatic heterocycles. The van der Waals surface area contributed by atoms with Crippen LogP contribution in [0.5, 0.6) is 5.75 Å². The second kappa shape index (κ2) is 6.23. The molecule has 1 aliphatic carbocycles. The van der Waals surface area contributed by atoms with Gasteiger partial charge in [-0.15, -0.1) is 11.6 Å². The van der Waals surface area contributed by atoms with E-state index in [0.717, 1.165) is 12.1 Å². The van der Waals surface area contributed by atoms with Gasteiger partial charge in [0.2, 0.25) is 5.60 Å². The summed E-state index contributed by atoms with van der Waals surface area (Å²) in [6.45, 7) is 0. The molecule has 1 aromatic carbocycles. The van der Waals surface area contributed by atoms with Crippen molar-refractivity contribution < 1.29 is 17.9 Å². The van der Waals surface area contributed by atoms with E-state index in [4.69, 9.17) is 27.9 Å². The Bertz CT molecular complexity index is 676. The van der Waals surface area contributed by atoms with Gasteiger partial charge in [-0.3, -0.25) is 0 Å². The van der Waals surface area contributed by atoms with Crippen LogP contribution in [-0.4, -0.2) is 11.5 Å². The van der Waals surface area contributed by atoms with Gasteiger partial charge in [0.25, 0.3) is 0 Å². The molecule has 0 aliphatic heterocycles. The van der Waals surface area contributed by atoms with Crippen LogP contribution in [0.25, 0.3) is 0 Å². The minimum Gasteiger partial charge on any atom is -0.468 e. The molecular weight excluding hydrogens is 338 g/mol. The minimum absolute atomic E-state index is 0.0845. The normalized spacial score (nSPS) is 21.2. The number of halogens is 5. The minimum atomic E-state index is -4.60. The largest absolute Gasteiger partial charge is 0.468 e. The van der Waals surface area contributed by atoms with Crippen LogP contribution in [-0.2, 0) is 6.18 Å². The molecule has 0 heterocycles. The standard InChI is InChI=1S/C15H10Cl2F3NO/c16-8-10-2-1-5-14(7-10,9-21)22-11-3-4-13(17)12(6-11)15(18,19)20/h1-4,6-7H,5,8H2. The van der Waals surface area contributed by atoms with Gasteiger partial charge in [-0.1, -0.05) is 23.8 Å². The van der Waals surface area contributed by atoms with E-state index in [9.17, 15) is 18.4 Å². The lowest BCUT2D eigenvalue weighted by atomic mass is 9.93. The number of hydrogen-bond acceptors (Lipinski definition) is 2. The van der Waals surface area contributed by atoms with E-state index in [-0.39, 0.29) is 18.1 Å². The van der Waals surface area contributed by atoms with Crippen molar-refractivity contribution in [2.24, 2.45) is 0 Å². The van der Waals surface area contributed by atoms with Crippen LogP contribution in [0, 0.1) is 11.3 Å². The number of rotatable bonds is 3. The Labute approximate surface area is 135 Å². The van der Waals surface area contributed by atoms with Gasteiger partial charge >= 0.3 is 6.18 Å².